The maximum absolute atomic E-state index is 13.3. The predicted octanol–water partition coefficient (Wildman–Crippen LogP) is 3.75. The summed E-state index contributed by atoms with van der Waals surface area (Å²) >= 11 is 0. The van der Waals surface area contributed by atoms with Crippen LogP contribution in [0.2, 0.25) is 0 Å². The lowest BCUT2D eigenvalue weighted by Crippen LogP contribution is -2.41. The van der Waals surface area contributed by atoms with Crippen LogP contribution in [0, 0.1) is 0 Å². The number of hydrogen-bond acceptors (Lipinski definition) is 8. The number of tetrazole rings is 1. The fourth-order valence-corrected chi connectivity index (χ4v) is 6.14. The minimum Gasteiger partial charge on any atom is -0.486 e. The monoisotopic (exact) mass is 508 g/mol. The Balaban J connectivity index is 1.34. The van der Waals surface area contributed by atoms with Gasteiger partial charge in [-0.15, -0.1) is 5.10 Å². The number of benzene rings is 1. The van der Waals surface area contributed by atoms with Crippen LogP contribution in [0.3, 0.4) is 0 Å². The summed E-state index contributed by atoms with van der Waals surface area (Å²) in [6.45, 7) is 5.24. The molecule has 2 aromatic heterocycles. The number of pyridine rings is 1. The molecule has 10 heteroatoms. The average Bonchev–Trinajstić information content (AvgIpc) is 3.61. The van der Waals surface area contributed by atoms with E-state index in [0.717, 1.165) is 66.8 Å². The molecule has 6 rings (SSSR count). The first-order valence-corrected chi connectivity index (χ1v) is 13.8. The molecule has 2 aliphatic heterocycles. The Morgan fingerprint density at radius 2 is 1.86 bits per heavy atom. The number of H-pyrrole nitrogens is 1. The highest BCUT2D eigenvalue weighted by Crippen LogP contribution is 2.35. The third-order valence-corrected chi connectivity index (χ3v) is 8.03. The second kappa shape index (κ2) is 10.8. The lowest BCUT2D eigenvalue weighted by Gasteiger charge is -2.39. The van der Waals surface area contributed by atoms with Gasteiger partial charge in [0.25, 0.3) is 5.56 Å². The van der Waals surface area contributed by atoms with E-state index in [1.807, 2.05) is 22.9 Å². The molecule has 3 aliphatic rings. The first-order valence-electron chi connectivity index (χ1n) is 13.8. The maximum atomic E-state index is 13.3. The zero-order valence-corrected chi connectivity index (χ0v) is 21.5. The third kappa shape index (κ3) is 5.09. The van der Waals surface area contributed by atoms with Gasteiger partial charge in [-0.25, -0.2) is 4.68 Å². The Morgan fingerprint density at radius 3 is 2.62 bits per heavy atom. The molecule has 37 heavy (non-hydrogen) atoms. The van der Waals surface area contributed by atoms with E-state index >= 15 is 0 Å². The molecule has 1 saturated heterocycles. The summed E-state index contributed by atoms with van der Waals surface area (Å²) in [5.41, 5.74) is 1.43. The van der Waals surface area contributed by atoms with Crippen LogP contribution in [0.15, 0.2) is 23.0 Å². The molecule has 1 aliphatic carbocycles. The van der Waals surface area contributed by atoms with Crippen molar-refractivity contribution in [1.29, 1.82) is 0 Å². The standard InChI is InChI=1S/C27H36N6O4/c1-2-23(26-29-30-31-33(26)17-21-9-6-10-35-21)32(20-7-4-3-5-8-20)16-19-13-18-14-24-25(37-12-11-36-24)15-22(18)28-27(19)34/h13-15,20-21,23H,2-12,16-17H2,1H3,(H,28,34)/t21-,23-/m1/s1. The van der Waals surface area contributed by atoms with E-state index < -0.39 is 0 Å². The number of nitrogens with zero attached hydrogens (tertiary/aromatic N) is 5. The minimum atomic E-state index is -0.0706. The largest absolute Gasteiger partial charge is 0.486 e. The summed E-state index contributed by atoms with van der Waals surface area (Å²) in [5.74, 6) is 2.26. The van der Waals surface area contributed by atoms with Gasteiger partial charge < -0.3 is 19.2 Å². The van der Waals surface area contributed by atoms with Gasteiger partial charge in [-0.3, -0.25) is 9.69 Å². The zero-order valence-electron chi connectivity index (χ0n) is 21.5. The smallest absolute Gasteiger partial charge is 0.252 e. The minimum absolute atomic E-state index is 0.00914. The summed E-state index contributed by atoms with van der Waals surface area (Å²) in [4.78, 5) is 18.9. The van der Waals surface area contributed by atoms with E-state index in [-0.39, 0.29) is 17.7 Å². The van der Waals surface area contributed by atoms with Gasteiger partial charge in [0.1, 0.15) is 13.2 Å². The van der Waals surface area contributed by atoms with E-state index in [0.29, 0.717) is 38.1 Å². The van der Waals surface area contributed by atoms with Crippen LogP contribution in [-0.2, 0) is 17.8 Å². The highest BCUT2D eigenvalue weighted by Gasteiger charge is 2.33. The van der Waals surface area contributed by atoms with Crippen molar-refractivity contribution in [2.45, 2.75) is 89.6 Å². The van der Waals surface area contributed by atoms with Crippen molar-refractivity contribution in [2.24, 2.45) is 0 Å². The number of ether oxygens (including phenoxy) is 3. The second-order valence-corrected chi connectivity index (χ2v) is 10.4. The van der Waals surface area contributed by atoms with Gasteiger partial charge in [0, 0.05) is 36.2 Å². The summed E-state index contributed by atoms with van der Waals surface area (Å²) < 4.78 is 19.3. The van der Waals surface area contributed by atoms with Crippen molar-refractivity contribution in [2.75, 3.05) is 19.8 Å². The van der Waals surface area contributed by atoms with E-state index in [2.05, 4.69) is 32.3 Å². The molecule has 0 spiro atoms. The molecule has 198 valence electrons. The van der Waals surface area contributed by atoms with Crippen LogP contribution >= 0.6 is 0 Å². The molecule has 1 saturated carbocycles. The predicted molar refractivity (Wildman–Crippen MR) is 138 cm³/mol. The molecule has 0 radical (unpaired) electrons. The molecule has 0 amide bonds. The average molecular weight is 509 g/mol. The number of fused-ring (bicyclic) bond motifs is 2. The number of nitrogens with one attached hydrogen (secondary N) is 1. The summed E-state index contributed by atoms with van der Waals surface area (Å²) in [7, 11) is 0. The molecule has 4 heterocycles. The van der Waals surface area contributed by atoms with Crippen molar-refractivity contribution in [1.82, 2.24) is 30.1 Å². The Hall–Kier alpha value is -2.98. The summed E-state index contributed by atoms with van der Waals surface area (Å²) in [5, 5.41) is 13.8. The normalized spacial score (nSPS) is 21.1. The molecule has 2 fully saturated rings. The fourth-order valence-electron chi connectivity index (χ4n) is 6.14. The number of rotatable bonds is 8. The van der Waals surface area contributed by atoms with Gasteiger partial charge in [-0.05, 0) is 54.7 Å². The molecule has 0 unspecified atom stereocenters. The van der Waals surface area contributed by atoms with Crippen LogP contribution in [0.25, 0.3) is 10.9 Å². The van der Waals surface area contributed by atoms with Crippen molar-refractivity contribution >= 4 is 10.9 Å². The van der Waals surface area contributed by atoms with Crippen molar-refractivity contribution in [3.63, 3.8) is 0 Å². The van der Waals surface area contributed by atoms with E-state index in [1.54, 1.807) is 0 Å². The molecule has 0 bridgehead atoms. The van der Waals surface area contributed by atoms with Crippen LogP contribution in [0.5, 0.6) is 11.5 Å². The molecule has 2 atom stereocenters. The third-order valence-electron chi connectivity index (χ3n) is 8.03. The van der Waals surface area contributed by atoms with Crippen LogP contribution in [-0.4, -0.2) is 62.1 Å². The van der Waals surface area contributed by atoms with Crippen molar-refractivity contribution in [3.8, 4) is 11.5 Å². The molecule has 3 aromatic rings. The fraction of sp³-hybridized carbons (Fsp3) is 0.630. The highest BCUT2D eigenvalue weighted by atomic mass is 16.6. The van der Waals surface area contributed by atoms with Crippen molar-refractivity contribution in [3.05, 3.63) is 39.9 Å². The van der Waals surface area contributed by atoms with Gasteiger partial charge in [-0.1, -0.05) is 26.2 Å². The lowest BCUT2D eigenvalue weighted by atomic mass is 9.92. The van der Waals surface area contributed by atoms with Gasteiger partial charge >= 0.3 is 0 Å². The van der Waals surface area contributed by atoms with Crippen LogP contribution < -0.4 is 15.0 Å². The van der Waals surface area contributed by atoms with Gasteiger partial charge in [-0.2, -0.15) is 0 Å². The molecule has 1 aromatic carbocycles. The second-order valence-electron chi connectivity index (χ2n) is 10.4. The highest BCUT2D eigenvalue weighted by molar-refractivity contribution is 5.83. The number of aromatic amines is 1. The Kier molecular flexibility index (Phi) is 7.10. The number of aromatic nitrogens is 5. The van der Waals surface area contributed by atoms with E-state index in [1.165, 1.54) is 19.3 Å². The molecular formula is C27H36N6O4. The summed E-state index contributed by atoms with van der Waals surface area (Å²) in [6, 6.07) is 6.22. The van der Waals surface area contributed by atoms with Crippen LogP contribution in [0.4, 0.5) is 0 Å². The lowest BCUT2D eigenvalue weighted by molar-refractivity contribution is 0.0734. The van der Waals surface area contributed by atoms with Gasteiger partial charge in [0.15, 0.2) is 17.3 Å². The Bertz CT molecular complexity index is 1280. The summed E-state index contributed by atoms with van der Waals surface area (Å²) in [6.07, 6.45) is 9.04. The van der Waals surface area contributed by atoms with E-state index in [9.17, 15) is 4.79 Å². The van der Waals surface area contributed by atoms with E-state index in [4.69, 9.17) is 14.2 Å². The molecular weight excluding hydrogens is 472 g/mol. The zero-order chi connectivity index (χ0) is 25.2. The molecule has 10 nitrogen and oxygen atoms in total. The topological polar surface area (TPSA) is 107 Å². The number of hydrogen-bond donors (Lipinski definition) is 1. The SMILES string of the molecule is CC[C@H](c1nnnn1C[C@H]1CCCO1)N(Cc1cc2cc3c(cc2[nH]c1=O)OCCO3)C1CCCCC1. The van der Waals surface area contributed by atoms with Gasteiger partial charge in [0.05, 0.1) is 24.2 Å². The Labute approximate surface area is 216 Å². The van der Waals surface area contributed by atoms with Crippen molar-refractivity contribution < 1.29 is 14.2 Å². The quantitative estimate of drug-likeness (QED) is 0.490. The first-order chi connectivity index (χ1) is 18.2. The first kappa shape index (κ1) is 24.4. The van der Waals surface area contributed by atoms with Crippen LogP contribution in [0.1, 0.15) is 75.7 Å². The molecule has 1 N–H and O–H groups in total. The Morgan fingerprint density at radius 1 is 1.05 bits per heavy atom. The van der Waals surface area contributed by atoms with Gasteiger partial charge in [0.2, 0.25) is 0 Å². The maximum Gasteiger partial charge on any atom is 0.252 e.